The van der Waals surface area contributed by atoms with E-state index in [0.29, 0.717) is 5.56 Å². The standard InChI is InChI=1S/C11H9F3N2O2/c12-11(13,14)10-15-9(16-18-10)6-8(17)7-4-2-1-3-5-7/h1-5,8,17H,6H2. The first kappa shape index (κ1) is 12.6. The van der Waals surface area contributed by atoms with Crippen molar-refractivity contribution in [1.29, 1.82) is 0 Å². The number of alkyl halides is 3. The second-order valence-corrected chi connectivity index (χ2v) is 3.64. The van der Waals surface area contributed by atoms with Crippen LogP contribution in [0.4, 0.5) is 13.2 Å². The molecule has 1 unspecified atom stereocenters. The highest BCUT2D eigenvalue weighted by atomic mass is 19.4. The van der Waals surface area contributed by atoms with E-state index in [1.54, 1.807) is 30.3 Å². The van der Waals surface area contributed by atoms with E-state index in [1.165, 1.54) is 0 Å². The summed E-state index contributed by atoms with van der Waals surface area (Å²) in [6.45, 7) is 0. The molecule has 18 heavy (non-hydrogen) atoms. The summed E-state index contributed by atoms with van der Waals surface area (Å²) in [5.41, 5.74) is 0.579. The predicted molar refractivity (Wildman–Crippen MR) is 54.4 cm³/mol. The van der Waals surface area contributed by atoms with E-state index in [4.69, 9.17) is 0 Å². The molecule has 0 fully saturated rings. The third-order valence-electron chi connectivity index (χ3n) is 2.27. The summed E-state index contributed by atoms with van der Waals surface area (Å²) >= 11 is 0. The SMILES string of the molecule is OC(Cc1noc(C(F)(F)F)n1)c1ccccc1. The summed E-state index contributed by atoms with van der Waals surface area (Å²) in [4.78, 5) is 3.18. The van der Waals surface area contributed by atoms with Gasteiger partial charge in [0, 0.05) is 6.42 Å². The van der Waals surface area contributed by atoms with Gasteiger partial charge in [-0.25, -0.2) is 0 Å². The molecule has 0 aliphatic rings. The van der Waals surface area contributed by atoms with Gasteiger partial charge in [0.05, 0.1) is 6.10 Å². The Balaban J connectivity index is 2.08. The Labute approximate surface area is 100 Å². The van der Waals surface area contributed by atoms with Crippen molar-refractivity contribution >= 4 is 0 Å². The average molecular weight is 258 g/mol. The van der Waals surface area contributed by atoms with Crippen LogP contribution < -0.4 is 0 Å². The molecule has 2 rings (SSSR count). The van der Waals surface area contributed by atoms with E-state index in [2.05, 4.69) is 14.7 Å². The van der Waals surface area contributed by atoms with Gasteiger partial charge in [0.1, 0.15) is 0 Å². The van der Waals surface area contributed by atoms with Gasteiger partial charge < -0.3 is 9.63 Å². The molecule has 0 radical (unpaired) electrons. The normalized spacial score (nSPS) is 13.6. The summed E-state index contributed by atoms with van der Waals surface area (Å²) in [6, 6.07) is 8.53. The van der Waals surface area contributed by atoms with Crippen LogP contribution in [0.2, 0.25) is 0 Å². The van der Waals surface area contributed by atoms with Crippen molar-refractivity contribution in [3.05, 3.63) is 47.6 Å². The first-order valence-corrected chi connectivity index (χ1v) is 5.09. The van der Waals surface area contributed by atoms with Crippen molar-refractivity contribution in [2.75, 3.05) is 0 Å². The summed E-state index contributed by atoms with van der Waals surface area (Å²) in [5.74, 6) is -1.59. The average Bonchev–Trinajstić information content (AvgIpc) is 2.78. The Morgan fingerprint density at radius 1 is 1.22 bits per heavy atom. The highest BCUT2D eigenvalue weighted by Crippen LogP contribution is 2.28. The Morgan fingerprint density at radius 2 is 1.89 bits per heavy atom. The minimum absolute atomic E-state index is 0.135. The number of aliphatic hydroxyl groups is 1. The molecule has 0 amide bonds. The fourth-order valence-electron chi connectivity index (χ4n) is 1.42. The lowest BCUT2D eigenvalue weighted by Crippen LogP contribution is -2.07. The van der Waals surface area contributed by atoms with Crippen LogP contribution in [-0.2, 0) is 12.6 Å². The molecule has 0 aliphatic heterocycles. The number of benzene rings is 1. The lowest BCUT2D eigenvalue weighted by atomic mass is 10.1. The van der Waals surface area contributed by atoms with Crippen molar-refractivity contribution < 1.29 is 22.8 Å². The molecule has 1 heterocycles. The van der Waals surface area contributed by atoms with Gasteiger partial charge in [-0.1, -0.05) is 35.5 Å². The molecule has 0 aliphatic carbocycles. The smallest absolute Gasteiger partial charge is 0.388 e. The maximum atomic E-state index is 12.2. The minimum Gasteiger partial charge on any atom is -0.388 e. The summed E-state index contributed by atoms with van der Waals surface area (Å²) in [7, 11) is 0. The first-order valence-electron chi connectivity index (χ1n) is 5.09. The van der Waals surface area contributed by atoms with Gasteiger partial charge in [0.15, 0.2) is 5.82 Å². The van der Waals surface area contributed by atoms with Gasteiger partial charge in [-0.15, -0.1) is 0 Å². The molecule has 0 bridgehead atoms. The topological polar surface area (TPSA) is 59.2 Å². The van der Waals surface area contributed by atoms with Crippen molar-refractivity contribution in [3.8, 4) is 0 Å². The third-order valence-corrected chi connectivity index (χ3v) is 2.27. The molecule has 96 valence electrons. The zero-order chi connectivity index (χ0) is 13.2. The molecule has 1 aromatic carbocycles. The number of halogens is 3. The molecule has 1 atom stereocenters. The van der Waals surface area contributed by atoms with Crippen molar-refractivity contribution in [3.63, 3.8) is 0 Å². The van der Waals surface area contributed by atoms with Crippen molar-refractivity contribution in [2.45, 2.75) is 18.7 Å². The minimum atomic E-state index is -4.66. The Kier molecular flexibility index (Phi) is 3.33. The molecular formula is C11H9F3N2O2. The molecule has 0 spiro atoms. The summed E-state index contributed by atoms with van der Waals surface area (Å²) in [5, 5.41) is 13.0. The molecule has 4 nitrogen and oxygen atoms in total. The van der Waals surface area contributed by atoms with Crippen LogP contribution in [0, 0.1) is 0 Å². The molecular weight excluding hydrogens is 249 g/mol. The van der Waals surface area contributed by atoms with Crippen LogP contribution in [0.25, 0.3) is 0 Å². The maximum Gasteiger partial charge on any atom is 0.471 e. The molecule has 0 saturated heterocycles. The van der Waals surface area contributed by atoms with E-state index in [0.717, 1.165) is 0 Å². The summed E-state index contributed by atoms with van der Waals surface area (Å²) in [6.07, 6.45) is -5.77. The van der Waals surface area contributed by atoms with Crippen LogP contribution >= 0.6 is 0 Å². The number of nitrogens with zero attached hydrogens (tertiary/aromatic N) is 2. The highest BCUT2D eigenvalue weighted by Gasteiger charge is 2.38. The second kappa shape index (κ2) is 4.77. The van der Waals surface area contributed by atoms with Crippen LogP contribution in [0.15, 0.2) is 34.9 Å². The lowest BCUT2D eigenvalue weighted by molar-refractivity contribution is -0.159. The monoisotopic (exact) mass is 258 g/mol. The van der Waals surface area contributed by atoms with Crippen LogP contribution in [-0.4, -0.2) is 15.2 Å². The predicted octanol–water partition coefficient (Wildman–Crippen LogP) is 2.36. The van der Waals surface area contributed by atoms with E-state index >= 15 is 0 Å². The van der Waals surface area contributed by atoms with Crippen LogP contribution in [0.5, 0.6) is 0 Å². The second-order valence-electron chi connectivity index (χ2n) is 3.64. The number of hydrogen-bond donors (Lipinski definition) is 1. The Bertz CT molecular complexity index is 511. The van der Waals surface area contributed by atoms with Crippen molar-refractivity contribution in [2.24, 2.45) is 0 Å². The van der Waals surface area contributed by atoms with E-state index < -0.39 is 18.2 Å². The fourth-order valence-corrected chi connectivity index (χ4v) is 1.42. The summed E-state index contributed by atoms with van der Waals surface area (Å²) < 4.78 is 40.7. The number of aromatic nitrogens is 2. The van der Waals surface area contributed by atoms with E-state index in [1.807, 2.05) is 0 Å². The molecule has 1 N–H and O–H groups in total. The lowest BCUT2D eigenvalue weighted by Gasteiger charge is -2.07. The van der Waals surface area contributed by atoms with Crippen molar-refractivity contribution in [1.82, 2.24) is 10.1 Å². The maximum absolute atomic E-state index is 12.2. The van der Waals surface area contributed by atoms with Gasteiger partial charge in [-0.2, -0.15) is 18.2 Å². The first-order chi connectivity index (χ1) is 8.47. The van der Waals surface area contributed by atoms with Gasteiger partial charge in [-0.05, 0) is 5.56 Å². The zero-order valence-electron chi connectivity index (χ0n) is 9.05. The number of rotatable bonds is 3. The van der Waals surface area contributed by atoms with Crippen LogP contribution in [0.1, 0.15) is 23.4 Å². The molecule has 7 heteroatoms. The third kappa shape index (κ3) is 2.86. The van der Waals surface area contributed by atoms with Gasteiger partial charge in [-0.3, -0.25) is 0 Å². The van der Waals surface area contributed by atoms with Gasteiger partial charge in [0.2, 0.25) is 0 Å². The van der Waals surface area contributed by atoms with E-state index in [-0.39, 0.29) is 12.2 Å². The van der Waals surface area contributed by atoms with Crippen LogP contribution in [0.3, 0.4) is 0 Å². The van der Waals surface area contributed by atoms with E-state index in [9.17, 15) is 18.3 Å². The zero-order valence-corrected chi connectivity index (χ0v) is 9.05. The largest absolute Gasteiger partial charge is 0.471 e. The molecule has 0 saturated carbocycles. The Morgan fingerprint density at radius 3 is 2.44 bits per heavy atom. The molecule has 1 aromatic heterocycles. The highest BCUT2D eigenvalue weighted by molar-refractivity contribution is 5.18. The van der Waals surface area contributed by atoms with Gasteiger partial charge >= 0.3 is 12.1 Å². The molecule has 2 aromatic rings. The Hall–Kier alpha value is -1.89. The number of hydrogen-bond acceptors (Lipinski definition) is 4. The van der Waals surface area contributed by atoms with Gasteiger partial charge in [0.25, 0.3) is 0 Å². The number of aliphatic hydroxyl groups excluding tert-OH is 1. The fraction of sp³-hybridized carbons (Fsp3) is 0.273. The quantitative estimate of drug-likeness (QED) is 0.918.